The summed E-state index contributed by atoms with van der Waals surface area (Å²) < 4.78 is 30.2. The molecule has 0 aliphatic rings. The number of hydrogen-bond donors (Lipinski definition) is 0. The molecule has 0 unspecified atom stereocenters. The predicted octanol–water partition coefficient (Wildman–Crippen LogP) is 2.79. The van der Waals surface area contributed by atoms with Gasteiger partial charge in [0, 0.05) is 19.6 Å². The van der Waals surface area contributed by atoms with E-state index in [4.69, 9.17) is 0 Å². The Labute approximate surface area is 184 Å². The molecule has 0 spiro atoms. The number of hydrogen-bond acceptors (Lipinski definition) is 5. The van der Waals surface area contributed by atoms with Crippen LogP contribution in [0.2, 0.25) is 0 Å². The molecule has 0 N–H and O–H groups in total. The highest BCUT2D eigenvalue weighted by atomic mass is 32.2. The summed E-state index contributed by atoms with van der Waals surface area (Å²) in [5, 5.41) is 0.533. The number of benzene rings is 2. The second-order valence-electron chi connectivity index (χ2n) is 8.01. The lowest BCUT2D eigenvalue weighted by molar-refractivity contribution is 0.321. The molecule has 0 saturated carbocycles. The van der Waals surface area contributed by atoms with Gasteiger partial charge in [0.2, 0.25) is 10.0 Å². The summed E-state index contributed by atoms with van der Waals surface area (Å²) in [6.07, 6.45) is 0. The van der Waals surface area contributed by atoms with Gasteiger partial charge in [0.05, 0.1) is 22.3 Å². The van der Waals surface area contributed by atoms with Crippen LogP contribution in [-0.2, 0) is 23.1 Å². The highest BCUT2D eigenvalue weighted by Crippen LogP contribution is 2.23. The molecule has 0 aliphatic heterocycles. The molecule has 0 bridgehead atoms. The third-order valence-electron chi connectivity index (χ3n) is 5.32. The number of sulfonamides is 1. The van der Waals surface area contributed by atoms with Gasteiger partial charge in [0.25, 0.3) is 5.56 Å². The van der Waals surface area contributed by atoms with E-state index < -0.39 is 10.0 Å². The van der Waals surface area contributed by atoms with Crippen LogP contribution in [0.4, 0.5) is 0 Å². The molecule has 7 nitrogen and oxygen atoms in total. The maximum atomic E-state index is 13.6. The molecule has 3 rings (SSSR count). The standard InChI is InChI=1S/C23H30N4O3S/c1-6-27-22(24-20-10-8-7-9-19(20)23(27)28)16-26(14-13-25(4)5)31(29,30)21-12-11-17(2)15-18(21)3/h7-12,15H,6,13-14,16H2,1-5H3. The van der Waals surface area contributed by atoms with E-state index in [0.717, 1.165) is 5.56 Å². The van der Waals surface area contributed by atoms with E-state index in [9.17, 15) is 13.2 Å². The molecule has 1 heterocycles. The number of rotatable bonds is 8. The second-order valence-corrected chi connectivity index (χ2v) is 9.91. The van der Waals surface area contributed by atoms with E-state index in [1.807, 2.05) is 45.0 Å². The predicted molar refractivity (Wildman–Crippen MR) is 124 cm³/mol. The van der Waals surface area contributed by atoms with Crippen molar-refractivity contribution in [2.75, 3.05) is 27.2 Å². The van der Waals surface area contributed by atoms with Crippen molar-refractivity contribution in [2.24, 2.45) is 0 Å². The minimum absolute atomic E-state index is 0.0252. The zero-order valence-corrected chi connectivity index (χ0v) is 19.6. The Morgan fingerprint density at radius 1 is 1.03 bits per heavy atom. The Kier molecular flexibility index (Phi) is 6.93. The molecular weight excluding hydrogens is 412 g/mol. The molecule has 0 aliphatic carbocycles. The zero-order chi connectivity index (χ0) is 22.8. The van der Waals surface area contributed by atoms with Gasteiger partial charge < -0.3 is 4.90 Å². The quantitative estimate of drug-likeness (QED) is 0.536. The van der Waals surface area contributed by atoms with Crippen molar-refractivity contribution in [1.29, 1.82) is 0 Å². The molecule has 8 heteroatoms. The number of fused-ring (bicyclic) bond motifs is 1. The van der Waals surface area contributed by atoms with Crippen molar-refractivity contribution in [1.82, 2.24) is 18.8 Å². The Hall–Kier alpha value is -2.55. The zero-order valence-electron chi connectivity index (χ0n) is 18.8. The van der Waals surface area contributed by atoms with Gasteiger partial charge in [0.1, 0.15) is 5.82 Å². The maximum absolute atomic E-state index is 13.6. The molecule has 0 amide bonds. The minimum Gasteiger partial charge on any atom is -0.308 e. The van der Waals surface area contributed by atoms with E-state index in [2.05, 4.69) is 4.98 Å². The van der Waals surface area contributed by atoms with Crippen molar-refractivity contribution in [2.45, 2.75) is 38.8 Å². The SMILES string of the molecule is CCn1c(CN(CCN(C)C)S(=O)(=O)c2ccc(C)cc2C)nc2ccccc2c1=O. The minimum atomic E-state index is -3.78. The second kappa shape index (κ2) is 9.30. The van der Waals surface area contributed by atoms with Gasteiger partial charge in [-0.2, -0.15) is 4.31 Å². The average Bonchev–Trinajstić information content (AvgIpc) is 2.70. The summed E-state index contributed by atoms with van der Waals surface area (Å²) in [6.45, 7) is 6.88. The molecule has 1 aromatic heterocycles. The Morgan fingerprint density at radius 3 is 2.39 bits per heavy atom. The van der Waals surface area contributed by atoms with Gasteiger partial charge in [-0.25, -0.2) is 13.4 Å². The first-order valence-corrected chi connectivity index (χ1v) is 11.8. The van der Waals surface area contributed by atoms with E-state index in [-0.39, 0.29) is 23.5 Å². The number of likely N-dealkylation sites (N-methyl/N-ethyl adjacent to an activating group) is 1. The number of para-hydroxylation sites is 1. The lowest BCUT2D eigenvalue weighted by atomic mass is 10.2. The number of nitrogens with zero attached hydrogens (tertiary/aromatic N) is 4. The fourth-order valence-electron chi connectivity index (χ4n) is 3.64. The van der Waals surface area contributed by atoms with Crippen LogP contribution in [0.1, 0.15) is 23.9 Å². The van der Waals surface area contributed by atoms with Crippen LogP contribution in [0.25, 0.3) is 10.9 Å². The average molecular weight is 443 g/mol. The fourth-order valence-corrected chi connectivity index (χ4v) is 5.23. The van der Waals surface area contributed by atoms with Gasteiger partial charge in [-0.15, -0.1) is 0 Å². The van der Waals surface area contributed by atoms with Crippen LogP contribution in [0, 0.1) is 13.8 Å². The first-order chi connectivity index (χ1) is 14.6. The molecule has 2 aromatic carbocycles. The summed E-state index contributed by atoms with van der Waals surface area (Å²) >= 11 is 0. The van der Waals surface area contributed by atoms with Crippen LogP contribution < -0.4 is 5.56 Å². The lowest BCUT2D eigenvalue weighted by Crippen LogP contribution is -2.38. The van der Waals surface area contributed by atoms with Crippen molar-refractivity contribution < 1.29 is 8.42 Å². The van der Waals surface area contributed by atoms with Gasteiger partial charge in [0.15, 0.2) is 0 Å². The summed E-state index contributed by atoms with van der Waals surface area (Å²) in [5.41, 5.74) is 2.13. The third kappa shape index (κ3) is 4.87. The Morgan fingerprint density at radius 2 is 1.74 bits per heavy atom. The topological polar surface area (TPSA) is 75.5 Å². The van der Waals surface area contributed by atoms with E-state index in [0.29, 0.717) is 35.4 Å². The van der Waals surface area contributed by atoms with Crippen LogP contribution in [-0.4, -0.2) is 54.4 Å². The molecular formula is C23H30N4O3S. The van der Waals surface area contributed by atoms with Gasteiger partial charge in [-0.3, -0.25) is 9.36 Å². The Balaban J connectivity index is 2.11. The highest BCUT2D eigenvalue weighted by molar-refractivity contribution is 7.89. The molecule has 0 radical (unpaired) electrons. The largest absolute Gasteiger partial charge is 0.308 e. The number of aromatic nitrogens is 2. The summed E-state index contributed by atoms with van der Waals surface area (Å²) in [7, 11) is 0.0198. The summed E-state index contributed by atoms with van der Waals surface area (Å²) in [4.78, 5) is 19.9. The number of aryl methyl sites for hydroxylation is 2. The Bertz CT molecular complexity index is 1250. The molecule has 0 fully saturated rings. The molecule has 3 aromatic rings. The monoisotopic (exact) mass is 442 g/mol. The van der Waals surface area contributed by atoms with E-state index >= 15 is 0 Å². The van der Waals surface area contributed by atoms with Gasteiger partial charge >= 0.3 is 0 Å². The molecule has 31 heavy (non-hydrogen) atoms. The fraction of sp³-hybridized carbons (Fsp3) is 0.391. The maximum Gasteiger partial charge on any atom is 0.261 e. The van der Waals surface area contributed by atoms with Gasteiger partial charge in [-0.05, 0) is 58.6 Å². The first-order valence-electron chi connectivity index (χ1n) is 10.4. The van der Waals surface area contributed by atoms with Crippen molar-refractivity contribution >= 4 is 20.9 Å². The van der Waals surface area contributed by atoms with Crippen molar-refractivity contribution in [3.63, 3.8) is 0 Å². The van der Waals surface area contributed by atoms with Crippen LogP contribution in [0.5, 0.6) is 0 Å². The van der Waals surface area contributed by atoms with Crippen LogP contribution >= 0.6 is 0 Å². The van der Waals surface area contributed by atoms with E-state index in [1.54, 1.807) is 41.8 Å². The normalized spacial score (nSPS) is 12.2. The smallest absolute Gasteiger partial charge is 0.261 e. The third-order valence-corrected chi connectivity index (χ3v) is 7.32. The van der Waals surface area contributed by atoms with E-state index in [1.165, 1.54) is 4.31 Å². The van der Waals surface area contributed by atoms with Crippen molar-refractivity contribution in [3.05, 3.63) is 69.8 Å². The molecule has 0 atom stereocenters. The first kappa shape index (κ1) is 23.1. The molecule has 166 valence electrons. The van der Waals surface area contributed by atoms with Gasteiger partial charge in [-0.1, -0.05) is 29.8 Å². The summed E-state index contributed by atoms with van der Waals surface area (Å²) in [6, 6.07) is 12.5. The lowest BCUT2D eigenvalue weighted by Gasteiger charge is -2.25. The van der Waals surface area contributed by atoms with Crippen molar-refractivity contribution in [3.8, 4) is 0 Å². The highest BCUT2D eigenvalue weighted by Gasteiger charge is 2.28. The van der Waals surface area contributed by atoms with Crippen LogP contribution in [0.15, 0.2) is 52.2 Å². The van der Waals surface area contributed by atoms with Crippen LogP contribution in [0.3, 0.4) is 0 Å². The summed E-state index contributed by atoms with van der Waals surface area (Å²) in [5.74, 6) is 0.443. The molecule has 0 saturated heterocycles.